The minimum absolute atomic E-state index is 0.00699. The molecule has 0 heterocycles. The summed E-state index contributed by atoms with van der Waals surface area (Å²) in [7, 11) is 0. The second kappa shape index (κ2) is 13.5. The van der Waals surface area contributed by atoms with E-state index in [0.29, 0.717) is 18.6 Å². The van der Waals surface area contributed by atoms with E-state index >= 15 is 0 Å². The number of nitrogens with zero attached hydrogens (tertiary/aromatic N) is 2. The Morgan fingerprint density at radius 3 is 2.06 bits per heavy atom. The summed E-state index contributed by atoms with van der Waals surface area (Å²) < 4.78 is 27.3. The number of aliphatic imine (C=N–C) groups is 1. The number of halogens is 2. The molecule has 0 unspecified atom stereocenters. The molecule has 1 saturated carbocycles. The van der Waals surface area contributed by atoms with Crippen LogP contribution in [-0.2, 0) is 4.79 Å². The Labute approximate surface area is 194 Å². The van der Waals surface area contributed by atoms with E-state index in [1.165, 1.54) is 26.2 Å². The topological polar surface area (TPSA) is 53.2 Å². The number of Topliss-reactive ketones (excluding diaryl/α,β-unsaturated/α-hetero) is 1. The summed E-state index contributed by atoms with van der Waals surface area (Å²) in [6.07, 6.45) is 7.39. The van der Waals surface area contributed by atoms with E-state index in [9.17, 15) is 13.6 Å². The third-order valence-corrected chi connectivity index (χ3v) is 5.28. The zero-order valence-corrected chi connectivity index (χ0v) is 21.6. The first-order valence-corrected chi connectivity index (χ1v) is 11.6. The number of carbonyl (C=O) groups is 1. The first kappa shape index (κ1) is 29.9. The lowest BCUT2D eigenvalue weighted by Gasteiger charge is -2.33. The molecule has 1 aliphatic rings. The molecule has 1 aromatic rings. The van der Waals surface area contributed by atoms with Crippen molar-refractivity contribution in [1.29, 1.82) is 5.26 Å². The Balaban J connectivity index is 0.000000531. The molecule has 0 saturated heterocycles. The van der Waals surface area contributed by atoms with Crippen LogP contribution in [0.25, 0.3) is 0 Å². The summed E-state index contributed by atoms with van der Waals surface area (Å²) in [6, 6.07) is 2.51. The largest absolute Gasteiger partial charge is 0.300 e. The molecule has 1 fully saturated rings. The molecule has 0 bridgehead atoms. The van der Waals surface area contributed by atoms with Crippen LogP contribution in [-0.4, -0.2) is 11.5 Å². The van der Waals surface area contributed by atoms with Gasteiger partial charge in [-0.2, -0.15) is 5.26 Å². The van der Waals surface area contributed by atoms with Gasteiger partial charge in [0.05, 0.1) is 5.56 Å². The van der Waals surface area contributed by atoms with Gasteiger partial charge < -0.3 is 0 Å². The van der Waals surface area contributed by atoms with Gasteiger partial charge in [-0.05, 0) is 50.0 Å². The summed E-state index contributed by atoms with van der Waals surface area (Å²) in [4.78, 5) is 14.9. The summed E-state index contributed by atoms with van der Waals surface area (Å²) in [5, 5.41) is 8.63. The first-order chi connectivity index (χ1) is 14.7. The van der Waals surface area contributed by atoms with E-state index in [2.05, 4.69) is 39.6 Å². The summed E-state index contributed by atoms with van der Waals surface area (Å²) >= 11 is 0. The second-order valence-corrected chi connectivity index (χ2v) is 10.5. The molecule has 0 aromatic heterocycles. The molecule has 2 rings (SSSR count). The molecule has 180 valence electrons. The van der Waals surface area contributed by atoms with E-state index in [1.54, 1.807) is 13.0 Å². The molecular formula is C27H42F2N2O. The van der Waals surface area contributed by atoms with Crippen molar-refractivity contribution in [2.24, 2.45) is 15.8 Å². The molecule has 3 nitrogen and oxygen atoms in total. The SMILES string of the molecule is CC1(C)CCC1.CCC(=O)CC(C)(C)C.CCCC(C)=Nc1c(F)cc(C#N)c(F)c1C. The van der Waals surface area contributed by atoms with Crippen molar-refractivity contribution in [1.82, 2.24) is 0 Å². The number of carbonyl (C=O) groups excluding carboxylic acids is 1. The van der Waals surface area contributed by atoms with Crippen LogP contribution in [0.4, 0.5) is 14.5 Å². The zero-order valence-electron chi connectivity index (χ0n) is 21.6. The van der Waals surface area contributed by atoms with Gasteiger partial charge in [0.2, 0.25) is 0 Å². The van der Waals surface area contributed by atoms with Crippen LogP contribution in [0.3, 0.4) is 0 Å². The van der Waals surface area contributed by atoms with Gasteiger partial charge in [-0.3, -0.25) is 9.79 Å². The Morgan fingerprint density at radius 1 is 1.22 bits per heavy atom. The summed E-state index contributed by atoms with van der Waals surface area (Å²) in [5.41, 5.74) is 1.43. The molecule has 0 spiro atoms. The Morgan fingerprint density at radius 2 is 1.75 bits per heavy atom. The summed E-state index contributed by atoms with van der Waals surface area (Å²) in [6.45, 7) is 18.0. The van der Waals surface area contributed by atoms with Crippen molar-refractivity contribution in [3.8, 4) is 6.07 Å². The first-order valence-electron chi connectivity index (χ1n) is 11.6. The lowest BCUT2D eigenvalue weighted by Crippen LogP contribution is -2.20. The van der Waals surface area contributed by atoms with E-state index in [0.717, 1.165) is 30.0 Å². The Hall–Kier alpha value is -2.09. The second-order valence-electron chi connectivity index (χ2n) is 10.5. The predicted molar refractivity (Wildman–Crippen MR) is 130 cm³/mol. The standard InChI is InChI=1S/C13H14F2N2.C8H16O.C6H12/c1-4-5-8(2)17-13-9(3)12(15)10(7-16)6-11(13)14;1-5-7(9)6-8(2,3)4;1-6(2)4-3-5-6/h6H,4-5H2,1-3H3;5-6H2,1-4H3;3-5H2,1-2H3. The minimum Gasteiger partial charge on any atom is -0.300 e. The molecular weight excluding hydrogens is 406 g/mol. The summed E-state index contributed by atoms with van der Waals surface area (Å²) in [5.74, 6) is -0.990. The number of hydrogen-bond acceptors (Lipinski definition) is 3. The highest BCUT2D eigenvalue weighted by molar-refractivity contribution is 5.85. The molecule has 0 radical (unpaired) electrons. The van der Waals surface area contributed by atoms with Crippen molar-refractivity contribution in [2.45, 2.75) is 107 Å². The zero-order chi connectivity index (χ0) is 25.1. The number of benzene rings is 1. The van der Waals surface area contributed by atoms with Gasteiger partial charge in [0.25, 0.3) is 0 Å². The lowest BCUT2D eigenvalue weighted by atomic mass is 9.72. The van der Waals surface area contributed by atoms with Gasteiger partial charge in [-0.1, -0.05) is 61.3 Å². The maximum atomic E-state index is 13.7. The Bertz CT molecular complexity index is 822. The number of rotatable bonds is 5. The molecule has 1 aliphatic carbocycles. The molecule has 0 atom stereocenters. The van der Waals surface area contributed by atoms with Crippen molar-refractivity contribution in [3.05, 3.63) is 28.8 Å². The molecule has 0 aliphatic heterocycles. The number of hydrogen-bond donors (Lipinski definition) is 0. The third-order valence-electron chi connectivity index (χ3n) is 5.28. The smallest absolute Gasteiger partial charge is 0.150 e. The lowest BCUT2D eigenvalue weighted by molar-refractivity contribution is -0.120. The highest BCUT2D eigenvalue weighted by atomic mass is 19.1. The van der Waals surface area contributed by atoms with Gasteiger partial charge in [-0.25, -0.2) is 8.78 Å². The fourth-order valence-electron chi connectivity index (χ4n) is 3.17. The average molecular weight is 449 g/mol. The van der Waals surface area contributed by atoms with Crippen molar-refractivity contribution < 1.29 is 13.6 Å². The van der Waals surface area contributed by atoms with Crippen LogP contribution in [0.1, 0.15) is 111 Å². The molecule has 0 amide bonds. The molecule has 1 aromatic carbocycles. The number of nitriles is 1. The van der Waals surface area contributed by atoms with Crippen LogP contribution in [0.5, 0.6) is 0 Å². The maximum absolute atomic E-state index is 13.7. The predicted octanol–water partition coefficient (Wildman–Crippen LogP) is 8.64. The van der Waals surface area contributed by atoms with E-state index in [1.807, 2.05) is 13.8 Å². The van der Waals surface area contributed by atoms with Gasteiger partial charge in [0.1, 0.15) is 23.4 Å². The van der Waals surface area contributed by atoms with Crippen LogP contribution in [0, 0.1) is 40.7 Å². The number of ketones is 1. The maximum Gasteiger partial charge on any atom is 0.150 e. The molecule has 32 heavy (non-hydrogen) atoms. The third kappa shape index (κ3) is 11.5. The fraction of sp³-hybridized carbons (Fsp3) is 0.667. The molecule has 5 heteroatoms. The van der Waals surface area contributed by atoms with Crippen LogP contribution in [0.2, 0.25) is 0 Å². The van der Waals surface area contributed by atoms with Gasteiger partial charge >= 0.3 is 0 Å². The van der Waals surface area contributed by atoms with Gasteiger partial charge in [0.15, 0.2) is 5.82 Å². The normalized spacial score (nSPS) is 14.8. The van der Waals surface area contributed by atoms with Crippen molar-refractivity contribution in [2.75, 3.05) is 0 Å². The fourth-order valence-corrected chi connectivity index (χ4v) is 3.17. The van der Waals surface area contributed by atoms with Crippen molar-refractivity contribution in [3.63, 3.8) is 0 Å². The molecule has 0 N–H and O–H groups in total. The van der Waals surface area contributed by atoms with E-state index < -0.39 is 11.6 Å². The quantitative estimate of drug-likeness (QED) is 0.423. The van der Waals surface area contributed by atoms with Crippen LogP contribution >= 0.6 is 0 Å². The minimum atomic E-state index is -0.697. The highest BCUT2D eigenvalue weighted by Crippen LogP contribution is 2.39. The monoisotopic (exact) mass is 448 g/mol. The van der Waals surface area contributed by atoms with E-state index in [4.69, 9.17) is 5.26 Å². The van der Waals surface area contributed by atoms with Crippen molar-refractivity contribution >= 4 is 17.2 Å². The average Bonchev–Trinajstić information content (AvgIpc) is 2.67. The highest BCUT2D eigenvalue weighted by Gasteiger charge is 2.25. The Kier molecular flexibility index (Phi) is 12.6. The van der Waals surface area contributed by atoms with Crippen LogP contribution < -0.4 is 0 Å². The van der Waals surface area contributed by atoms with Gasteiger partial charge in [-0.15, -0.1) is 0 Å². The van der Waals surface area contributed by atoms with Gasteiger partial charge in [0, 0.05) is 24.1 Å². The van der Waals surface area contributed by atoms with E-state index in [-0.39, 0.29) is 22.2 Å². The van der Waals surface area contributed by atoms with Crippen LogP contribution in [0.15, 0.2) is 11.1 Å².